The van der Waals surface area contributed by atoms with E-state index < -0.39 is 6.36 Å². The number of aromatic nitrogens is 2. The fourth-order valence-electron chi connectivity index (χ4n) is 5.80. The van der Waals surface area contributed by atoms with Crippen LogP contribution in [0.5, 0.6) is 5.75 Å². The predicted octanol–water partition coefficient (Wildman–Crippen LogP) is 8.68. The van der Waals surface area contributed by atoms with Gasteiger partial charge in [0.25, 0.3) is 0 Å². The molecule has 5 rings (SSSR count). The van der Waals surface area contributed by atoms with E-state index in [1.165, 1.54) is 25.0 Å². The van der Waals surface area contributed by atoms with E-state index in [1.54, 1.807) is 24.1 Å². The van der Waals surface area contributed by atoms with Crippen LogP contribution in [0.3, 0.4) is 0 Å². The van der Waals surface area contributed by atoms with Crippen LogP contribution >= 0.6 is 11.9 Å². The van der Waals surface area contributed by atoms with E-state index in [1.807, 2.05) is 0 Å². The molecule has 0 unspecified atom stereocenters. The van der Waals surface area contributed by atoms with Crippen molar-refractivity contribution >= 4 is 40.3 Å². The van der Waals surface area contributed by atoms with Crippen LogP contribution in [0.1, 0.15) is 65.8 Å². The molecule has 1 heterocycles. The van der Waals surface area contributed by atoms with Gasteiger partial charge in [-0.15, -0.1) is 13.2 Å². The van der Waals surface area contributed by atoms with E-state index in [0.29, 0.717) is 16.9 Å². The summed E-state index contributed by atoms with van der Waals surface area (Å²) in [6.45, 7) is 9.29. The van der Waals surface area contributed by atoms with Gasteiger partial charge >= 0.3 is 6.36 Å². The van der Waals surface area contributed by atoms with Crippen molar-refractivity contribution in [3.05, 3.63) is 42.5 Å². The second kappa shape index (κ2) is 9.08. The number of imidazole rings is 1. The third-order valence-electron chi connectivity index (χ3n) is 6.80. The summed E-state index contributed by atoms with van der Waals surface area (Å²) in [6.07, 6.45) is 0.982. The summed E-state index contributed by atoms with van der Waals surface area (Å²) < 4.78 is 47.5. The van der Waals surface area contributed by atoms with Crippen LogP contribution in [-0.2, 0) is 0 Å². The molecule has 9 heteroatoms. The van der Waals surface area contributed by atoms with Gasteiger partial charge in [0, 0.05) is 22.7 Å². The quantitative estimate of drug-likeness (QED) is 0.307. The van der Waals surface area contributed by atoms with Gasteiger partial charge in [-0.2, -0.15) is 0 Å². The van der Waals surface area contributed by atoms with Crippen molar-refractivity contribution < 1.29 is 17.9 Å². The Hall–Kier alpha value is -2.55. The first-order valence-corrected chi connectivity index (χ1v) is 13.3. The van der Waals surface area contributed by atoms with Gasteiger partial charge < -0.3 is 19.3 Å². The maximum Gasteiger partial charge on any atom is 0.573 e. The summed E-state index contributed by atoms with van der Waals surface area (Å²) in [5.41, 5.74) is 3.97. The number of hydrogen-bond acceptors (Lipinski definition) is 5. The Labute approximate surface area is 214 Å². The number of halogens is 3. The summed E-state index contributed by atoms with van der Waals surface area (Å²) >= 11 is 1.76. The highest BCUT2D eigenvalue weighted by molar-refractivity contribution is 8.01. The molecule has 5 nitrogen and oxygen atoms in total. The number of hydrogen-bond donors (Lipinski definition) is 2. The van der Waals surface area contributed by atoms with E-state index >= 15 is 0 Å². The SMILES string of the molecule is CC1(C)CC(n2c(Nc3ccc(OC(F)(F)F)cc3)nc3cc(NSC4CC4)ccc32)CC(C)(C)C1. The van der Waals surface area contributed by atoms with Crippen LogP contribution in [0.4, 0.5) is 30.5 Å². The Morgan fingerprint density at radius 2 is 1.61 bits per heavy atom. The Morgan fingerprint density at radius 3 is 2.22 bits per heavy atom. The molecule has 0 spiro atoms. The van der Waals surface area contributed by atoms with Crippen LogP contribution in [0.25, 0.3) is 11.0 Å². The molecular formula is C27H33F3N4OS. The molecule has 2 aromatic carbocycles. The summed E-state index contributed by atoms with van der Waals surface area (Å²) in [7, 11) is 0. The Kier molecular flexibility index (Phi) is 6.34. The van der Waals surface area contributed by atoms with E-state index in [0.717, 1.165) is 36.0 Å². The zero-order chi connectivity index (χ0) is 25.7. The van der Waals surface area contributed by atoms with Crippen molar-refractivity contribution in [2.24, 2.45) is 10.8 Å². The van der Waals surface area contributed by atoms with Crippen molar-refractivity contribution in [2.75, 3.05) is 10.0 Å². The monoisotopic (exact) mass is 518 g/mol. The van der Waals surface area contributed by atoms with Crippen molar-refractivity contribution in [1.82, 2.24) is 9.55 Å². The van der Waals surface area contributed by atoms with Crippen LogP contribution in [0, 0.1) is 10.8 Å². The fraction of sp³-hybridized carbons (Fsp3) is 0.519. The van der Waals surface area contributed by atoms with E-state index in [2.05, 4.69) is 65.2 Å². The third kappa shape index (κ3) is 6.05. The molecule has 194 valence electrons. The number of benzene rings is 2. The Bertz CT molecular complexity index is 1220. The standard InChI is InChI=1S/C27H33F3N4OS/c1-25(2)14-19(15-26(3,4)16-25)34-23-12-7-18(33-36-21-10-11-21)13-22(23)32-24(34)31-17-5-8-20(9-6-17)35-27(28,29)30/h5-9,12-13,19,21,33H,10-11,14-16H2,1-4H3,(H,31,32). The lowest BCUT2D eigenvalue weighted by Crippen LogP contribution is -2.35. The number of fused-ring (bicyclic) bond motifs is 1. The molecule has 36 heavy (non-hydrogen) atoms. The zero-order valence-electron chi connectivity index (χ0n) is 21.1. The number of nitrogens with zero attached hydrogens (tertiary/aromatic N) is 2. The van der Waals surface area contributed by atoms with Crippen molar-refractivity contribution in [3.63, 3.8) is 0 Å². The summed E-state index contributed by atoms with van der Waals surface area (Å²) in [6, 6.07) is 12.3. The van der Waals surface area contributed by atoms with E-state index in [-0.39, 0.29) is 22.6 Å². The average Bonchev–Trinajstić information content (AvgIpc) is 3.50. The third-order valence-corrected chi connectivity index (χ3v) is 7.96. The van der Waals surface area contributed by atoms with Crippen LogP contribution in [0.2, 0.25) is 0 Å². The van der Waals surface area contributed by atoms with Gasteiger partial charge in [0.05, 0.1) is 11.0 Å². The molecule has 3 aromatic rings. The highest BCUT2D eigenvalue weighted by atomic mass is 32.2. The molecule has 2 fully saturated rings. The lowest BCUT2D eigenvalue weighted by molar-refractivity contribution is -0.274. The topological polar surface area (TPSA) is 51.1 Å². The molecule has 0 atom stereocenters. The minimum atomic E-state index is -4.72. The average molecular weight is 519 g/mol. The van der Waals surface area contributed by atoms with Crippen LogP contribution in [-0.4, -0.2) is 21.2 Å². The molecule has 2 saturated carbocycles. The molecule has 0 saturated heterocycles. The maximum atomic E-state index is 12.6. The Morgan fingerprint density at radius 1 is 0.972 bits per heavy atom. The first kappa shape index (κ1) is 25.1. The minimum Gasteiger partial charge on any atom is -0.406 e. The molecule has 1 aromatic heterocycles. The first-order chi connectivity index (χ1) is 16.9. The highest BCUT2D eigenvalue weighted by Crippen LogP contribution is 2.51. The molecule has 0 amide bonds. The molecule has 0 radical (unpaired) electrons. The predicted molar refractivity (Wildman–Crippen MR) is 141 cm³/mol. The second-order valence-corrected chi connectivity index (χ2v) is 12.8. The number of rotatable bonds is 7. The van der Waals surface area contributed by atoms with E-state index in [4.69, 9.17) is 4.98 Å². The largest absolute Gasteiger partial charge is 0.573 e. The number of nitrogens with one attached hydrogen (secondary N) is 2. The van der Waals surface area contributed by atoms with Crippen molar-refractivity contribution in [3.8, 4) is 5.75 Å². The molecule has 0 aliphatic heterocycles. The fourth-order valence-corrected chi connectivity index (χ4v) is 6.60. The first-order valence-electron chi connectivity index (χ1n) is 12.4. The van der Waals surface area contributed by atoms with Crippen LogP contribution in [0.15, 0.2) is 42.5 Å². The molecule has 2 aliphatic carbocycles. The minimum absolute atomic E-state index is 0.180. The molecule has 0 bridgehead atoms. The number of ether oxygens (including phenoxy) is 1. The Balaban J connectivity index is 1.49. The summed E-state index contributed by atoms with van der Waals surface area (Å²) in [5, 5.41) is 4.06. The molecule has 2 N–H and O–H groups in total. The van der Waals surface area contributed by atoms with Gasteiger partial charge in [0.15, 0.2) is 0 Å². The highest BCUT2D eigenvalue weighted by Gasteiger charge is 2.40. The number of anilines is 3. The lowest BCUT2D eigenvalue weighted by atomic mass is 9.63. The van der Waals surface area contributed by atoms with Gasteiger partial charge in [0.1, 0.15) is 5.75 Å². The number of alkyl halides is 3. The van der Waals surface area contributed by atoms with Gasteiger partial charge in [-0.1, -0.05) is 27.7 Å². The van der Waals surface area contributed by atoms with Gasteiger partial charge in [-0.05, 0) is 97.3 Å². The smallest absolute Gasteiger partial charge is 0.406 e. The van der Waals surface area contributed by atoms with Crippen molar-refractivity contribution in [2.45, 2.75) is 77.5 Å². The second-order valence-electron chi connectivity index (χ2n) is 11.7. The summed E-state index contributed by atoms with van der Waals surface area (Å²) in [5.74, 6) is 0.446. The molecule has 2 aliphatic rings. The van der Waals surface area contributed by atoms with E-state index in [9.17, 15) is 13.2 Å². The summed E-state index contributed by atoms with van der Waals surface area (Å²) in [4.78, 5) is 4.96. The van der Waals surface area contributed by atoms with Gasteiger partial charge in [-0.3, -0.25) is 0 Å². The van der Waals surface area contributed by atoms with Gasteiger partial charge in [-0.25, -0.2) is 4.98 Å². The van der Waals surface area contributed by atoms with Gasteiger partial charge in [0.2, 0.25) is 5.95 Å². The van der Waals surface area contributed by atoms with Crippen molar-refractivity contribution in [1.29, 1.82) is 0 Å². The molecular weight excluding hydrogens is 485 g/mol. The lowest BCUT2D eigenvalue weighted by Gasteiger charge is -2.45. The van der Waals surface area contributed by atoms with Crippen LogP contribution < -0.4 is 14.8 Å². The maximum absolute atomic E-state index is 12.6. The normalized spacial score (nSPS) is 19.9. The zero-order valence-corrected chi connectivity index (χ0v) is 21.9.